The molecule has 4 aromatic rings. The number of hydrogen-bond acceptors (Lipinski definition) is 4. The lowest BCUT2D eigenvalue weighted by atomic mass is 10.0. The fourth-order valence-electron chi connectivity index (χ4n) is 5.01. The summed E-state index contributed by atoms with van der Waals surface area (Å²) in [7, 11) is -4.30. The summed E-state index contributed by atoms with van der Waals surface area (Å²) >= 11 is 12.9. The molecule has 0 spiro atoms. The summed E-state index contributed by atoms with van der Waals surface area (Å²) in [6, 6.07) is 27.0. The molecule has 0 saturated carbocycles. The van der Waals surface area contributed by atoms with E-state index in [0.717, 1.165) is 26.6 Å². The SMILES string of the molecule is Cc1ccc(S(=O)(=O)N(CC(=O)N(Cc2cccc(C)c2)C(Cc2ccccc2)C(=O)NCC(C)C)c2cc(Cl)ccc2Cl)cc1. The van der Waals surface area contributed by atoms with E-state index in [1.54, 1.807) is 18.2 Å². The van der Waals surface area contributed by atoms with Crippen LogP contribution in [0.3, 0.4) is 0 Å². The Balaban J connectivity index is 1.83. The van der Waals surface area contributed by atoms with Gasteiger partial charge in [-0.2, -0.15) is 0 Å². The van der Waals surface area contributed by atoms with Crippen molar-refractivity contribution in [3.05, 3.63) is 129 Å². The molecule has 0 aliphatic rings. The number of amides is 2. The van der Waals surface area contributed by atoms with Gasteiger partial charge in [-0.1, -0.05) is 115 Å². The van der Waals surface area contributed by atoms with Crippen LogP contribution in [0.15, 0.2) is 102 Å². The lowest BCUT2D eigenvalue weighted by Gasteiger charge is -2.34. The number of nitrogens with zero attached hydrogens (tertiary/aromatic N) is 2. The Hall–Kier alpha value is -3.85. The van der Waals surface area contributed by atoms with Crippen molar-refractivity contribution in [1.29, 1.82) is 0 Å². The summed E-state index contributed by atoms with van der Waals surface area (Å²) in [6.07, 6.45) is 0.227. The molecule has 0 heterocycles. The van der Waals surface area contributed by atoms with Gasteiger partial charge in [-0.15, -0.1) is 0 Å². The van der Waals surface area contributed by atoms with E-state index in [4.69, 9.17) is 23.2 Å². The minimum atomic E-state index is -4.30. The second-order valence-corrected chi connectivity index (χ2v) is 14.5. The first-order valence-corrected chi connectivity index (χ1v) is 17.3. The number of carbonyl (C=O) groups excluding carboxylic acids is 2. The Morgan fingerprint density at radius 2 is 1.48 bits per heavy atom. The first-order chi connectivity index (χ1) is 21.8. The molecule has 242 valence electrons. The molecule has 1 N–H and O–H groups in total. The van der Waals surface area contributed by atoms with Gasteiger partial charge in [0.05, 0.1) is 15.6 Å². The predicted molar refractivity (Wildman–Crippen MR) is 186 cm³/mol. The van der Waals surface area contributed by atoms with Crippen LogP contribution in [0.5, 0.6) is 0 Å². The van der Waals surface area contributed by atoms with Crippen LogP contribution in [-0.2, 0) is 32.6 Å². The smallest absolute Gasteiger partial charge is 0.264 e. The van der Waals surface area contributed by atoms with E-state index in [2.05, 4.69) is 5.32 Å². The van der Waals surface area contributed by atoms with E-state index in [-0.39, 0.29) is 45.4 Å². The van der Waals surface area contributed by atoms with Crippen LogP contribution in [0.4, 0.5) is 5.69 Å². The molecule has 1 atom stereocenters. The Labute approximate surface area is 282 Å². The van der Waals surface area contributed by atoms with Crippen molar-refractivity contribution in [2.45, 2.75) is 51.6 Å². The number of halogens is 2. The Kier molecular flexibility index (Phi) is 11.9. The summed E-state index contributed by atoms with van der Waals surface area (Å²) in [5.74, 6) is -0.719. The highest BCUT2D eigenvalue weighted by molar-refractivity contribution is 7.92. The number of sulfonamides is 1. The van der Waals surface area contributed by atoms with Gasteiger partial charge in [-0.3, -0.25) is 13.9 Å². The van der Waals surface area contributed by atoms with Gasteiger partial charge in [-0.25, -0.2) is 8.42 Å². The molecule has 2 amide bonds. The molecule has 1 unspecified atom stereocenters. The van der Waals surface area contributed by atoms with Crippen molar-refractivity contribution in [2.24, 2.45) is 5.92 Å². The second kappa shape index (κ2) is 15.6. The lowest BCUT2D eigenvalue weighted by molar-refractivity contribution is -0.140. The minimum Gasteiger partial charge on any atom is -0.354 e. The maximum Gasteiger partial charge on any atom is 0.264 e. The second-order valence-electron chi connectivity index (χ2n) is 11.8. The van der Waals surface area contributed by atoms with Crippen molar-refractivity contribution in [3.63, 3.8) is 0 Å². The number of benzene rings is 4. The van der Waals surface area contributed by atoms with Crippen LogP contribution in [0.25, 0.3) is 0 Å². The van der Waals surface area contributed by atoms with Crippen LogP contribution >= 0.6 is 23.2 Å². The van der Waals surface area contributed by atoms with Crippen LogP contribution in [0, 0.1) is 19.8 Å². The summed E-state index contributed by atoms with van der Waals surface area (Å²) in [5, 5.41) is 3.35. The fourth-order valence-corrected chi connectivity index (χ4v) is 6.87. The first-order valence-electron chi connectivity index (χ1n) is 15.1. The molecule has 0 fully saturated rings. The van der Waals surface area contributed by atoms with Crippen molar-refractivity contribution in [3.8, 4) is 0 Å². The van der Waals surface area contributed by atoms with Gasteiger partial charge in [0, 0.05) is 24.5 Å². The quantitative estimate of drug-likeness (QED) is 0.162. The molecular formula is C36H39Cl2N3O4S. The summed E-state index contributed by atoms with van der Waals surface area (Å²) in [4.78, 5) is 29.9. The molecule has 0 aliphatic carbocycles. The van der Waals surface area contributed by atoms with Gasteiger partial charge in [0.15, 0.2) is 0 Å². The average molecular weight is 681 g/mol. The molecule has 7 nitrogen and oxygen atoms in total. The largest absolute Gasteiger partial charge is 0.354 e. The zero-order valence-electron chi connectivity index (χ0n) is 26.4. The number of hydrogen-bond donors (Lipinski definition) is 1. The minimum absolute atomic E-state index is 0.0114. The van der Waals surface area contributed by atoms with Gasteiger partial charge in [0.2, 0.25) is 11.8 Å². The number of carbonyl (C=O) groups is 2. The fraction of sp³-hybridized carbons (Fsp3) is 0.278. The Bertz CT molecular complexity index is 1760. The highest BCUT2D eigenvalue weighted by Gasteiger charge is 2.35. The van der Waals surface area contributed by atoms with Crippen molar-refractivity contribution >= 4 is 50.7 Å². The summed E-state index contributed by atoms with van der Waals surface area (Å²) < 4.78 is 29.4. The van der Waals surface area contributed by atoms with Gasteiger partial charge >= 0.3 is 0 Å². The number of nitrogens with one attached hydrogen (secondary N) is 1. The first kappa shape index (κ1) is 35.0. The van der Waals surface area contributed by atoms with E-state index in [0.29, 0.717) is 6.54 Å². The summed E-state index contributed by atoms with van der Waals surface area (Å²) in [6.45, 7) is 7.66. The molecule has 0 aliphatic heterocycles. The molecule has 10 heteroatoms. The van der Waals surface area contributed by atoms with Crippen molar-refractivity contribution < 1.29 is 18.0 Å². The van der Waals surface area contributed by atoms with E-state index in [1.807, 2.05) is 82.3 Å². The monoisotopic (exact) mass is 679 g/mol. The zero-order valence-corrected chi connectivity index (χ0v) is 28.7. The lowest BCUT2D eigenvalue weighted by Crippen LogP contribution is -2.53. The molecular weight excluding hydrogens is 641 g/mol. The Morgan fingerprint density at radius 3 is 2.13 bits per heavy atom. The van der Waals surface area contributed by atoms with Crippen LogP contribution in [-0.4, -0.2) is 44.3 Å². The average Bonchev–Trinajstić information content (AvgIpc) is 3.02. The normalized spacial score (nSPS) is 12.1. The van der Waals surface area contributed by atoms with E-state index >= 15 is 0 Å². The molecule has 0 radical (unpaired) electrons. The Morgan fingerprint density at radius 1 is 0.804 bits per heavy atom. The topological polar surface area (TPSA) is 86.8 Å². The van der Waals surface area contributed by atoms with Crippen LogP contribution in [0.1, 0.15) is 36.1 Å². The number of rotatable bonds is 13. The molecule has 0 aromatic heterocycles. The molecule has 0 saturated heterocycles. The van der Waals surface area contributed by atoms with Crippen molar-refractivity contribution in [2.75, 3.05) is 17.4 Å². The number of anilines is 1. The highest BCUT2D eigenvalue weighted by Crippen LogP contribution is 2.33. The van der Waals surface area contributed by atoms with Crippen LogP contribution in [0.2, 0.25) is 10.0 Å². The molecule has 4 aromatic carbocycles. The van der Waals surface area contributed by atoms with Gasteiger partial charge in [0.25, 0.3) is 10.0 Å². The van der Waals surface area contributed by atoms with E-state index in [1.165, 1.54) is 29.2 Å². The standard InChI is InChI=1S/C36H39Cl2N3O4S/c1-25(2)22-39-36(43)34(20-28-10-6-5-7-11-28)40(23-29-12-8-9-27(4)19-29)35(42)24-41(33-21-30(37)15-18-32(33)38)46(44,45)31-16-13-26(3)14-17-31/h5-19,21,25,34H,20,22-24H2,1-4H3,(H,39,43). The third-order valence-corrected chi connectivity index (χ3v) is 9.78. The molecule has 4 rings (SSSR count). The highest BCUT2D eigenvalue weighted by atomic mass is 35.5. The van der Waals surface area contributed by atoms with Crippen molar-refractivity contribution in [1.82, 2.24) is 10.2 Å². The number of aryl methyl sites for hydroxylation is 2. The molecule has 46 heavy (non-hydrogen) atoms. The zero-order chi connectivity index (χ0) is 33.4. The third-order valence-electron chi connectivity index (χ3n) is 7.46. The third kappa shape index (κ3) is 9.12. The van der Waals surface area contributed by atoms with E-state index in [9.17, 15) is 18.0 Å². The van der Waals surface area contributed by atoms with Gasteiger partial charge < -0.3 is 10.2 Å². The van der Waals surface area contributed by atoms with E-state index < -0.39 is 28.5 Å². The summed E-state index contributed by atoms with van der Waals surface area (Å²) in [5.41, 5.74) is 3.58. The van der Waals surface area contributed by atoms with Crippen LogP contribution < -0.4 is 9.62 Å². The predicted octanol–water partition coefficient (Wildman–Crippen LogP) is 7.22. The maximum absolute atomic E-state index is 14.6. The molecule has 0 bridgehead atoms. The van der Waals surface area contributed by atoms with Gasteiger partial charge in [0.1, 0.15) is 12.6 Å². The van der Waals surface area contributed by atoms with Gasteiger partial charge in [-0.05, 0) is 61.2 Å². The maximum atomic E-state index is 14.6.